The number of rotatable bonds is 2. The monoisotopic (exact) mass is 276 g/mol. The van der Waals surface area contributed by atoms with Gasteiger partial charge in [-0.25, -0.2) is 9.78 Å². The average Bonchev–Trinajstić information content (AvgIpc) is 2.84. The Hall–Kier alpha value is -1.85. The summed E-state index contributed by atoms with van der Waals surface area (Å²) in [6, 6.07) is 0. The van der Waals surface area contributed by atoms with Crippen molar-refractivity contribution >= 4 is 11.2 Å². The second-order valence-electron chi connectivity index (χ2n) is 5.79. The lowest BCUT2D eigenvalue weighted by atomic mass is 9.89. The highest BCUT2D eigenvalue weighted by molar-refractivity contribution is 5.69. The summed E-state index contributed by atoms with van der Waals surface area (Å²) < 4.78 is 4.55. The number of hydrogen-bond donors (Lipinski definition) is 0. The fourth-order valence-corrected chi connectivity index (χ4v) is 3.17. The van der Waals surface area contributed by atoms with Gasteiger partial charge in [-0.05, 0) is 18.8 Å². The summed E-state index contributed by atoms with van der Waals surface area (Å²) in [6.45, 7) is 0.667. The maximum absolute atomic E-state index is 12.4. The van der Waals surface area contributed by atoms with Gasteiger partial charge < -0.3 is 4.57 Å². The maximum Gasteiger partial charge on any atom is 0.332 e. The average molecular weight is 276 g/mol. The number of aromatic nitrogens is 4. The van der Waals surface area contributed by atoms with E-state index in [1.807, 2.05) is 0 Å². The van der Waals surface area contributed by atoms with Crippen molar-refractivity contribution in [2.75, 3.05) is 0 Å². The molecular weight excluding hydrogens is 256 g/mol. The van der Waals surface area contributed by atoms with Gasteiger partial charge in [0, 0.05) is 20.6 Å². The molecule has 20 heavy (non-hydrogen) atoms. The van der Waals surface area contributed by atoms with Gasteiger partial charge in [-0.2, -0.15) is 0 Å². The molecule has 0 aromatic carbocycles. The first kappa shape index (κ1) is 13.1. The van der Waals surface area contributed by atoms with Gasteiger partial charge in [0.15, 0.2) is 11.2 Å². The minimum atomic E-state index is -0.273. The highest BCUT2D eigenvalue weighted by Crippen LogP contribution is 2.25. The minimum absolute atomic E-state index is 0.258. The van der Waals surface area contributed by atoms with Crippen molar-refractivity contribution in [1.82, 2.24) is 18.7 Å². The molecule has 6 heteroatoms. The second kappa shape index (κ2) is 4.92. The van der Waals surface area contributed by atoms with Crippen molar-refractivity contribution in [1.29, 1.82) is 0 Å². The Morgan fingerprint density at radius 2 is 1.90 bits per heavy atom. The number of nitrogens with zero attached hydrogens (tertiary/aromatic N) is 4. The Labute approximate surface area is 116 Å². The lowest BCUT2D eigenvalue weighted by molar-refractivity contribution is 0.315. The van der Waals surface area contributed by atoms with Crippen LogP contribution >= 0.6 is 0 Å². The largest absolute Gasteiger partial charge is 0.332 e. The smallest absolute Gasteiger partial charge is 0.328 e. The SMILES string of the molecule is Cn1c(=O)c2c(ncn2C)n(CC2CCCCC2)c1=O. The van der Waals surface area contributed by atoms with Crippen LogP contribution in [0.1, 0.15) is 32.1 Å². The van der Waals surface area contributed by atoms with E-state index in [1.165, 1.54) is 30.9 Å². The Morgan fingerprint density at radius 3 is 2.60 bits per heavy atom. The zero-order chi connectivity index (χ0) is 14.3. The van der Waals surface area contributed by atoms with Crippen molar-refractivity contribution in [3.8, 4) is 0 Å². The quantitative estimate of drug-likeness (QED) is 0.822. The predicted molar refractivity (Wildman–Crippen MR) is 76.8 cm³/mol. The van der Waals surface area contributed by atoms with E-state index in [-0.39, 0.29) is 11.2 Å². The first-order valence-electron chi connectivity index (χ1n) is 7.20. The van der Waals surface area contributed by atoms with Gasteiger partial charge >= 0.3 is 5.69 Å². The summed E-state index contributed by atoms with van der Waals surface area (Å²) in [4.78, 5) is 28.8. The second-order valence-corrected chi connectivity index (χ2v) is 5.79. The molecule has 0 saturated heterocycles. The lowest BCUT2D eigenvalue weighted by Gasteiger charge is -2.22. The van der Waals surface area contributed by atoms with Crippen molar-refractivity contribution in [3.05, 3.63) is 27.2 Å². The molecule has 0 unspecified atom stereocenters. The molecule has 0 spiro atoms. The van der Waals surface area contributed by atoms with Gasteiger partial charge in [-0.1, -0.05) is 19.3 Å². The van der Waals surface area contributed by atoms with E-state index in [9.17, 15) is 9.59 Å². The van der Waals surface area contributed by atoms with Crippen molar-refractivity contribution in [3.63, 3.8) is 0 Å². The van der Waals surface area contributed by atoms with Gasteiger partial charge in [0.2, 0.25) is 0 Å². The third-order valence-electron chi connectivity index (χ3n) is 4.36. The third kappa shape index (κ3) is 1.99. The van der Waals surface area contributed by atoms with E-state index in [1.54, 1.807) is 22.5 Å². The van der Waals surface area contributed by atoms with Crippen LogP contribution in [0.15, 0.2) is 15.9 Å². The van der Waals surface area contributed by atoms with Gasteiger partial charge in [-0.3, -0.25) is 13.9 Å². The molecule has 6 nitrogen and oxygen atoms in total. The number of hydrogen-bond acceptors (Lipinski definition) is 3. The fourth-order valence-electron chi connectivity index (χ4n) is 3.17. The van der Waals surface area contributed by atoms with E-state index in [2.05, 4.69) is 4.98 Å². The van der Waals surface area contributed by atoms with Crippen LogP contribution in [0, 0.1) is 5.92 Å². The topological polar surface area (TPSA) is 61.8 Å². The van der Waals surface area contributed by atoms with Crippen LogP contribution in [0.25, 0.3) is 11.2 Å². The standard InChI is InChI=1S/C14H20N4O2/c1-16-9-15-12-11(16)13(19)17(2)14(20)18(12)8-10-6-4-3-5-7-10/h9-10H,3-8H2,1-2H3. The summed E-state index contributed by atoms with van der Waals surface area (Å²) in [5.41, 5.74) is 0.491. The molecule has 2 aromatic heterocycles. The molecule has 108 valence electrons. The Morgan fingerprint density at radius 1 is 1.20 bits per heavy atom. The van der Waals surface area contributed by atoms with E-state index in [0.717, 1.165) is 12.8 Å². The maximum atomic E-state index is 12.4. The van der Waals surface area contributed by atoms with Crippen molar-refractivity contribution in [2.45, 2.75) is 38.6 Å². The number of imidazole rings is 1. The van der Waals surface area contributed by atoms with Crippen LogP contribution in [-0.4, -0.2) is 18.7 Å². The summed E-state index contributed by atoms with van der Waals surface area (Å²) in [5.74, 6) is 0.518. The summed E-state index contributed by atoms with van der Waals surface area (Å²) in [5, 5.41) is 0. The van der Waals surface area contributed by atoms with Gasteiger partial charge in [0.05, 0.1) is 6.33 Å². The van der Waals surface area contributed by atoms with Crippen molar-refractivity contribution < 1.29 is 0 Å². The highest BCUT2D eigenvalue weighted by Gasteiger charge is 2.19. The molecule has 0 N–H and O–H groups in total. The Bertz CT molecular complexity index is 747. The third-order valence-corrected chi connectivity index (χ3v) is 4.36. The first-order valence-corrected chi connectivity index (χ1v) is 7.20. The van der Waals surface area contributed by atoms with Crippen LogP contribution < -0.4 is 11.2 Å². The molecule has 1 aliphatic rings. The molecule has 1 fully saturated rings. The van der Waals surface area contributed by atoms with Crippen LogP contribution in [-0.2, 0) is 20.6 Å². The van der Waals surface area contributed by atoms with Crippen LogP contribution in [0.5, 0.6) is 0 Å². The van der Waals surface area contributed by atoms with Gasteiger partial charge in [0.25, 0.3) is 5.56 Å². The highest BCUT2D eigenvalue weighted by atomic mass is 16.2. The van der Waals surface area contributed by atoms with Gasteiger partial charge in [-0.15, -0.1) is 0 Å². The summed E-state index contributed by atoms with van der Waals surface area (Å²) in [6.07, 6.45) is 7.67. The van der Waals surface area contributed by atoms with E-state index >= 15 is 0 Å². The van der Waals surface area contributed by atoms with E-state index in [0.29, 0.717) is 23.6 Å². The first-order chi connectivity index (χ1) is 9.59. The molecule has 0 aliphatic heterocycles. The Balaban J connectivity index is 2.14. The molecule has 3 rings (SSSR count). The number of aryl methyl sites for hydroxylation is 1. The summed E-state index contributed by atoms with van der Waals surface area (Å²) >= 11 is 0. The van der Waals surface area contributed by atoms with Gasteiger partial charge in [0.1, 0.15) is 0 Å². The molecule has 0 radical (unpaired) electrons. The molecule has 2 heterocycles. The normalized spacial score (nSPS) is 16.9. The minimum Gasteiger partial charge on any atom is -0.328 e. The predicted octanol–water partition coefficient (Wildman–Crippen LogP) is 1.01. The van der Waals surface area contributed by atoms with E-state index < -0.39 is 0 Å². The zero-order valence-electron chi connectivity index (χ0n) is 12.0. The molecule has 1 aliphatic carbocycles. The van der Waals surface area contributed by atoms with Crippen LogP contribution in [0.3, 0.4) is 0 Å². The summed E-state index contributed by atoms with van der Waals surface area (Å²) in [7, 11) is 3.32. The number of fused-ring (bicyclic) bond motifs is 1. The fraction of sp³-hybridized carbons (Fsp3) is 0.643. The van der Waals surface area contributed by atoms with Crippen molar-refractivity contribution in [2.24, 2.45) is 20.0 Å². The Kier molecular flexibility index (Phi) is 3.23. The molecule has 2 aromatic rings. The van der Waals surface area contributed by atoms with Crippen LogP contribution in [0.4, 0.5) is 0 Å². The zero-order valence-corrected chi connectivity index (χ0v) is 12.0. The molecule has 0 atom stereocenters. The molecular formula is C14H20N4O2. The van der Waals surface area contributed by atoms with Crippen LogP contribution in [0.2, 0.25) is 0 Å². The molecule has 0 bridgehead atoms. The lowest BCUT2D eigenvalue weighted by Crippen LogP contribution is -2.39. The molecule has 1 saturated carbocycles. The molecule has 0 amide bonds. The van der Waals surface area contributed by atoms with E-state index in [4.69, 9.17) is 0 Å².